The molecule has 2 heterocycles. The number of thiophene rings is 1. The molecule has 1 unspecified atom stereocenters. The minimum Gasteiger partial charge on any atom is -0.384 e. The van der Waals surface area contributed by atoms with E-state index in [-0.39, 0.29) is 10.9 Å². The number of nitrogen functional groups attached to an aromatic ring is 1. The minimum absolute atomic E-state index is 0.126. The van der Waals surface area contributed by atoms with Crippen LogP contribution in [-0.4, -0.2) is 19.4 Å². The Kier molecular flexibility index (Phi) is 4.42. The van der Waals surface area contributed by atoms with Crippen molar-refractivity contribution in [3.05, 3.63) is 40.2 Å². The zero-order chi connectivity index (χ0) is 14.8. The third-order valence-electron chi connectivity index (χ3n) is 2.73. The van der Waals surface area contributed by atoms with Gasteiger partial charge in [-0.2, -0.15) is 0 Å². The van der Waals surface area contributed by atoms with Crippen molar-refractivity contribution in [1.29, 1.82) is 0 Å². The molecule has 0 aromatic carbocycles. The average molecular weight is 311 g/mol. The highest BCUT2D eigenvalue weighted by atomic mass is 32.2. The molecule has 2 aromatic heterocycles. The lowest BCUT2D eigenvalue weighted by Gasteiger charge is -2.13. The van der Waals surface area contributed by atoms with Gasteiger partial charge in [-0.1, -0.05) is 0 Å². The summed E-state index contributed by atoms with van der Waals surface area (Å²) in [6, 6.07) is 6.80. The summed E-state index contributed by atoms with van der Waals surface area (Å²) in [6.07, 6.45) is 1.93. The van der Waals surface area contributed by atoms with E-state index in [0.29, 0.717) is 12.2 Å². The first-order chi connectivity index (χ1) is 9.37. The van der Waals surface area contributed by atoms with Gasteiger partial charge in [-0.3, -0.25) is 0 Å². The highest BCUT2D eigenvalue weighted by Crippen LogP contribution is 2.17. The first-order valence-corrected chi connectivity index (χ1v) is 8.46. The molecular weight excluding hydrogens is 294 g/mol. The monoisotopic (exact) mass is 311 g/mol. The fraction of sp³-hybridized carbons (Fsp3) is 0.308. The van der Waals surface area contributed by atoms with Gasteiger partial charge in [0.1, 0.15) is 10.7 Å². The Balaban J connectivity index is 2.06. The van der Waals surface area contributed by atoms with Gasteiger partial charge in [-0.25, -0.2) is 18.1 Å². The van der Waals surface area contributed by atoms with E-state index in [2.05, 4.69) is 9.71 Å². The number of rotatable bonds is 5. The second kappa shape index (κ2) is 5.90. The van der Waals surface area contributed by atoms with Crippen molar-refractivity contribution in [3.63, 3.8) is 0 Å². The highest BCUT2D eigenvalue weighted by molar-refractivity contribution is 7.89. The number of anilines is 1. The third kappa shape index (κ3) is 3.78. The van der Waals surface area contributed by atoms with E-state index in [0.717, 1.165) is 4.88 Å². The Morgan fingerprint density at radius 1 is 1.35 bits per heavy atom. The summed E-state index contributed by atoms with van der Waals surface area (Å²) >= 11 is 1.68. The van der Waals surface area contributed by atoms with E-state index in [1.807, 2.05) is 26.0 Å². The highest BCUT2D eigenvalue weighted by Gasteiger charge is 2.18. The van der Waals surface area contributed by atoms with E-state index in [4.69, 9.17) is 5.73 Å². The predicted molar refractivity (Wildman–Crippen MR) is 81.2 cm³/mol. The van der Waals surface area contributed by atoms with Gasteiger partial charge in [-0.05, 0) is 44.5 Å². The molecule has 0 fully saturated rings. The Labute approximate surface area is 122 Å². The molecule has 108 valence electrons. The van der Waals surface area contributed by atoms with Crippen molar-refractivity contribution in [1.82, 2.24) is 9.71 Å². The Bertz CT molecular complexity index is 678. The van der Waals surface area contributed by atoms with E-state index in [9.17, 15) is 8.42 Å². The fourth-order valence-electron chi connectivity index (χ4n) is 1.82. The van der Waals surface area contributed by atoms with Crippen LogP contribution >= 0.6 is 11.3 Å². The zero-order valence-corrected chi connectivity index (χ0v) is 13.0. The number of nitrogens with one attached hydrogen (secondary N) is 1. The molecule has 2 rings (SSSR count). The lowest BCUT2D eigenvalue weighted by atomic mass is 10.2. The van der Waals surface area contributed by atoms with Crippen LogP contribution in [0.4, 0.5) is 5.82 Å². The van der Waals surface area contributed by atoms with E-state index in [1.165, 1.54) is 23.2 Å². The molecule has 3 N–H and O–H groups in total. The molecule has 0 amide bonds. The van der Waals surface area contributed by atoms with Gasteiger partial charge >= 0.3 is 0 Å². The van der Waals surface area contributed by atoms with Crippen LogP contribution < -0.4 is 10.5 Å². The number of pyridine rings is 1. The van der Waals surface area contributed by atoms with E-state index in [1.54, 1.807) is 11.3 Å². The molecule has 0 saturated heterocycles. The van der Waals surface area contributed by atoms with Gasteiger partial charge in [-0.15, -0.1) is 11.3 Å². The van der Waals surface area contributed by atoms with Crippen LogP contribution in [0.2, 0.25) is 0 Å². The molecule has 20 heavy (non-hydrogen) atoms. The maximum atomic E-state index is 12.2. The number of nitrogens with two attached hydrogens (primary N) is 1. The molecule has 7 heteroatoms. The quantitative estimate of drug-likeness (QED) is 0.883. The summed E-state index contributed by atoms with van der Waals surface area (Å²) in [5, 5.41) is 0. The maximum Gasteiger partial charge on any atom is 0.242 e. The summed E-state index contributed by atoms with van der Waals surface area (Å²) in [5.74, 6) is 0.297. The van der Waals surface area contributed by atoms with Gasteiger partial charge in [0.15, 0.2) is 0 Å². The third-order valence-corrected chi connectivity index (χ3v) is 5.33. The maximum absolute atomic E-state index is 12.2. The van der Waals surface area contributed by atoms with Crippen LogP contribution in [0.25, 0.3) is 0 Å². The summed E-state index contributed by atoms with van der Waals surface area (Å²) in [7, 11) is -3.55. The van der Waals surface area contributed by atoms with Crippen LogP contribution in [0.15, 0.2) is 35.4 Å². The largest absolute Gasteiger partial charge is 0.384 e. The van der Waals surface area contributed by atoms with Gasteiger partial charge < -0.3 is 5.73 Å². The second-order valence-electron chi connectivity index (χ2n) is 4.66. The lowest BCUT2D eigenvalue weighted by molar-refractivity contribution is 0.560. The Morgan fingerprint density at radius 3 is 2.65 bits per heavy atom. The second-order valence-corrected chi connectivity index (χ2v) is 7.74. The first kappa shape index (κ1) is 15.0. The SMILES string of the molecule is Cc1ccc(CC(C)NS(=O)(=O)c2ccc(N)nc2)s1. The summed E-state index contributed by atoms with van der Waals surface area (Å²) in [5.41, 5.74) is 5.45. The topological polar surface area (TPSA) is 85.1 Å². The van der Waals surface area contributed by atoms with Gasteiger partial charge in [0.05, 0.1) is 0 Å². The number of hydrogen-bond acceptors (Lipinski definition) is 5. The molecule has 1 atom stereocenters. The number of aromatic nitrogens is 1. The van der Waals surface area contributed by atoms with Crippen LogP contribution in [0, 0.1) is 6.92 Å². The number of nitrogens with zero attached hydrogens (tertiary/aromatic N) is 1. The summed E-state index contributed by atoms with van der Waals surface area (Å²) < 4.78 is 27.0. The average Bonchev–Trinajstić information content (AvgIpc) is 2.74. The summed E-state index contributed by atoms with van der Waals surface area (Å²) in [4.78, 5) is 6.31. The Hall–Kier alpha value is -1.44. The van der Waals surface area contributed by atoms with Crippen LogP contribution in [0.3, 0.4) is 0 Å². The molecule has 0 aliphatic heterocycles. The number of hydrogen-bond donors (Lipinski definition) is 2. The standard InChI is InChI=1S/C13H17N3O2S2/c1-9(7-11-4-3-10(2)19-11)16-20(17,18)12-5-6-13(14)15-8-12/h3-6,8-9,16H,7H2,1-2H3,(H2,14,15). The fourth-order valence-corrected chi connectivity index (χ4v) is 4.03. The van der Waals surface area contributed by atoms with Crippen molar-refractivity contribution < 1.29 is 8.42 Å². The zero-order valence-electron chi connectivity index (χ0n) is 11.3. The smallest absolute Gasteiger partial charge is 0.242 e. The molecule has 0 aliphatic carbocycles. The molecule has 0 bridgehead atoms. The molecule has 0 radical (unpaired) electrons. The van der Waals surface area contributed by atoms with Crippen LogP contribution in [0.1, 0.15) is 16.7 Å². The Morgan fingerprint density at radius 2 is 2.10 bits per heavy atom. The van der Waals surface area contributed by atoms with Crippen LogP contribution in [-0.2, 0) is 16.4 Å². The molecule has 5 nitrogen and oxygen atoms in total. The normalized spacial score (nSPS) is 13.3. The van der Waals surface area contributed by atoms with Crippen molar-refractivity contribution in [2.45, 2.75) is 31.2 Å². The van der Waals surface area contributed by atoms with Crippen molar-refractivity contribution in [3.8, 4) is 0 Å². The minimum atomic E-state index is -3.55. The number of sulfonamides is 1. The van der Waals surface area contributed by atoms with E-state index >= 15 is 0 Å². The number of aryl methyl sites for hydroxylation is 1. The predicted octanol–water partition coefficient (Wildman–Crippen LogP) is 1.94. The van der Waals surface area contributed by atoms with Crippen molar-refractivity contribution in [2.75, 3.05) is 5.73 Å². The molecule has 0 spiro atoms. The molecule has 0 saturated carbocycles. The lowest BCUT2D eigenvalue weighted by Crippen LogP contribution is -2.34. The van der Waals surface area contributed by atoms with Gasteiger partial charge in [0.25, 0.3) is 0 Å². The van der Waals surface area contributed by atoms with Crippen LogP contribution in [0.5, 0.6) is 0 Å². The van der Waals surface area contributed by atoms with Crippen molar-refractivity contribution >= 4 is 27.2 Å². The van der Waals surface area contributed by atoms with Crippen molar-refractivity contribution in [2.24, 2.45) is 0 Å². The van der Waals surface area contributed by atoms with Gasteiger partial charge in [0.2, 0.25) is 10.0 Å². The first-order valence-electron chi connectivity index (χ1n) is 6.16. The van der Waals surface area contributed by atoms with E-state index < -0.39 is 10.0 Å². The molecule has 0 aliphatic rings. The summed E-state index contributed by atoms with van der Waals surface area (Å²) in [6.45, 7) is 3.88. The van der Waals surface area contributed by atoms with Gasteiger partial charge in [0, 0.05) is 22.0 Å². The molecular formula is C13H17N3O2S2. The molecule has 2 aromatic rings.